The zero-order valence-corrected chi connectivity index (χ0v) is 23.6. The van der Waals surface area contributed by atoms with Crippen molar-refractivity contribution < 1.29 is 28.2 Å². The molecule has 202 valence electrons. The van der Waals surface area contributed by atoms with E-state index in [1.165, 1.54) is 24.5 Å². The number of carbonyl (C=O) groups is 2. The van der Waals surface area contributed by atoms with Crippen molar-refractivity contribution in [2.24, 2.45) is 5.41 Å². The molecule has 1 aromatic heterocycles. The maximum absolute atomic E-state index is 14.6. The molecule has 0 spiro atoms. The van der Waals surface area contributed by atoms with Crippen LogP contribution in [0.15, 0.2) is 18.2 Å². The molecule has 0 fully saturated rings. The molecule has 0 unspecified atom stereocenters. The molecule has 1 aromatic carbocycles. The number of benzene rings is 1. The van der Waals surface area contributed by atoms with E-state index in [1.54, 1.807) is 32.9 Å². The van der Waals surface area contributed by atoms with E-state index in [4.69, 9.17) is 14.2 Å². The second-order valence-corrected chi connectivity index (χ2v) is 11.6. The fourth-order valence-electron chi connectivity index (χ4n) is 3.08. The number of aromatic nitrogens is 1. The molecule has 0 atom stereocenters. The van der Waals surface area contributed by atoms with Gasteiger partial charge in [-0.15, -0.1) is 11.3 Å². The highest BCUT2D eigenvalue weighted by atomic mass is 32.1. The SMILES string of the molecule is COC(=O)c1nc(NCC(=O)OC(C)(C)C)sc1CC(C)(C)COc1ccc(C#CCN(C)C)cc1F. The van der Waals surface area contributed by atoms with Crippen molar-refractivity contribution in [2.45, 2.75) is 46.6 Å². The van der Waals surface area contributed by atoms with Crippen molar-refractivity contribution in [1.82, 2.24) is 9.88 Å². The summed E-state index contributed by atoms with van der Waals surface area (Å²) in [7, 11) is 5.11. The van der Waals surface area contributed by atoms with Gasteiger partial charge in [0.25, 0.3) is 0 Å². The van der Waals surface area contributed by atoms with Crippen molar-refractivity contribution in [1.29, 1.82) is 0 Å². The van der Waals surface area contributed by atoms with Gasteiger partial charge in [-0.05, 0) is 59.5 Å². The number of carbonyl (C=O) groups excluding carboxylic acids is 2. The van der Waals surface area contributed by atoms with Gasteiger partial charge in [0.15, 0.2) is 22.4 Å². The zero-order chi connectivity index (χ0) is 27.8. The molecule has 8 nitrogen and oxygen atoms in total. The maximum Gasteiger partial charge on any atom is 0.357 e. The lowest BCUT2D eigenvalue weighted by Gasteiger charge is -2.24. The van der Waals surface area contributed by atoms with Crippen LogP contribution >= 0.6 is 11.3 Å². The third kappa shape index (κ3) is 10.4. The summed E-state index contributed by atoms with van der Waals surface area (Å²) in [5.74, 6) is 4.53. The normalized spacial score (nSPS) is 11.5. The molecule has 1 heterocycles. The first-order valence-corrected chi connectivity index (χ1v) is 12.6. The Balaban J connectivity index is 2.08. The number of thiazole rings is 1. The highest BCUT2D eigenvalue weighted by Crippen LogP contribution is 2.32. The Morgan fingerprint density at radius 1 is 1.19 bits per heavy atom. The predicted molar refractivity (Wildman–Crippen MR) is 143 cm³/mol. The summed E-state index contributed by atoms with van der Waals surface area (Å²) in [6.07, 6.45) is 0.416. The first-order valence-electron chi connectivity index (χ1n) is 11.8. The van der Waals surface area contributed by atoms with Crippen LogP contribution in [0.3, 0.4) is 0 Å². The predicted octanol–water partition coefficient (Wildman–Crippen LogP) is 4.38. The van der Waals surface area contributed by atoms with E-state index in [1.807, 2.05) is 32.8 Å². The summed E-state index contributed by atoms with van der Waals surface area (Å²) in [6, 6.07) is 4.64. The van der Waals surface area contributed by atoms with Gasteiger partial charge >= 0.3 is 11.9 Å². The Morgan fingerprint density at radius 2 is 1.89 bits per heavy atom. The van der Waals surface area contributed by atoms with Crippen molar-refractivity contribution in [2.75, 3.05) is 46.2 Å². The van der Waals surface area contributed by atoms with E-state index >= 15 is 0 Å². The number of hydrogen-bond acceptors (Lipinski definition) is 9. The number of methoxy groups -OCH3 is 1. The average Bonchev–Trinajstić information content (AvgIpc) is 3.17. The molecular formula is C27H36FN3O5S. The lowest BCUT2D eigenvalue weighted by molar-refractivity contribution is -0.152. The van der Waals surface area contributed by atoms with Crippen molar-refractivity contribution >= 4 is 28.4 Å². The fourth-order valence-corrected chi connectivity index (χ4v) is 4.29. The number of nitrogens with zero attached hydrogens (tertiary/aromatic N) is 2. The number of esters is 2. The monoisotopic (exact) mass is 533 g/mol. The van der Waals surface area contributed by atoms with E-state index in [0.29, 0.717) is 28.5 Å². The third-order valence-electron chi connectivity index (χ3n) is 4.70. The smallest absolute Gasteiger partial charge is 0.357 e. The van der Waals surface area contributed by atoms with Crippen molar-refractivity contribution in [3.8, 4) is 17.6 Å². The standard InChI is InChI=1S/C27H36FN3O5S/c1-26(2,3)36-22(32)16-29-25-30-23(24(33)34-8)21(37-25)15-27(4,5)17-35-20-12-11-18(14-19(20)28)10-9-13-31(6)7/h11-12,14H,13,15-17H2,1-8H3,(H,29,30). The first-order chi connectivity index (χ1) is 17.2. The lowest BCUT2D eigenvalue weighted by Crippen LogP contribution is -2.28. The molecule has 0 saturated carbocycles. The minimum Gasteiger partial charge on any atom is -0.490 e. The zero-order valence-electron chi connectivity index (χ0n) is 22.8. The number of halogens is 1. The maximum atomic E-state index is 14.6. The van der Waals surface area contributed by atoms with Crippen LogP contribution in [0.4, 0.5) is 9.52 Å². The highest BCUT2D eigenvalue weighted by molar-refractivity contribution is 7.15. The average molecular weight is 534 g/mol. The Kier molecular flexibility index (Phi) is 10.5. The highest BCUT2D eigenvalue weighted by Gasteiger charge is 2.27. The van der Waals surface area contributed by atoms with Gasteiger partial charge in [-0.25, -0.2) is 14.2 Å². The Bertz CT molecular complexity index is 1160. The molecule has 10 heteroatoms. The van der Waals surface area contributed by atoms with Crippen LogP contribution in [0.1, 0.15) is 55.5 Å². The fraction of sp³-hybridized carbons (Fsp3) is 0.519. The van der Waals surface area contributed by atoms with Crippen LogP contribution in [0, 0.1) is 23.1 Å². The van der Waals surface area contributed by atoms with Crippen LogP contribution in [0.25, 0.3) is 0 Å². The number of ether oxygens (including phenoxy) is 3. The van der Waals surface area contributed by atoms with Crippen LogP contribution in [-0.2, 0) is 20.7 Å². The molecule has 1 N–H and O–H groups in total. The van der Waals surface area contributed by atoms with E-state index in [2.05, 4.69) is 22.1 Å². The summed E-state index contributed by atoms with van der Waals surface area (Å²) < 4.78 is 30.6. The van der Waals surface area contributed by atoms with Crippen LogP contribution in [0.2, 0.25) is 0 Å². The van der Waals surface area contributed by atoms with Gasteiger partial charge in [-0.3, -0.25) is 9.69 Å². The second-order valence-electron chi connectivity index (χ2n) is 10.5. The van der Waals surface area contributed by atoms with E-state index in [-0.39, 0.29) is 24.6 Å². The molecular weight excluding hydrogens is 497 g/mol. The number of anilines is 1. The molecule has 0 aliphatic rings. The summed E-state index contributed by atoms with van der Waals surface area (Å²) in [5.41, 5.74) is -0.342. The molecule has 2 aromatic rings. The quantitative estimate of drug-likeness (QED) is 0.356. The topological polar surface area (TPSA) is 90.0 Å². The van der Waals surface area contributed by atoms with Gasteiger partial charge in [0.1, 0.15) is 12.1 Å². The van der Waals surface area contributed by atoms with E-state index in [0.717, 1.165) is 0 Å². The summed E-state index contributed by atoms with van der Waals surface area (Å²) in [5, 5.41) is 3.31. The van der Waals surface area contributed by atoms with Gasteiger partial charge in [-0.2, -0.15) is 0 Å². The van der Waals surface area contributed by atoms with Crippen LogP contribution in [-0.4, -0.2) is 68.3 Å². The van der Waals surface area contributed by atoms with Crippen LogP contribution < -0.4 is 10.1 Å². The Labute approximate surface area is 222 Å². The third-order valence-corrected chi connectivity index (χ3v) is 5.71. The Hall–Kier alpha value is -3.16. The Morgan fingerprint density at radius 3 is 2.49 bits per heavy atom. The summed E-state index contributed by atoms with van der Waals surface area (Å²) in [4.78, 5) is 31.3. The second kappa shape index (κ2) is 12.9. The van der Waals surface area contributed by atoms with E-state index in [9.17, 15) is 14.0 Å². The van der Waals surface area contributed by atoms with Gasteiger partial charge in [0, 0.05) is 15.9 Å². The molecule has 0 bridgehead atoms. The number of rotatable bonds is 10. The first kappa shape index (κ1) is 30.1. The van der Waals surface area contributed by atoms with Gasteiger partial charge in [-0.1, -0.05) is 25.7 Å². The molecule has 0 saturated heterocycles. The minimum atomic E-state index is -0.604. The minimum absolute atomic E-state index is 0.0911. The largest absolute Gasteiger partial charge is 0.490 e. The van der Waals surface area contributed by atoms with Crippen LogP contribution in [0.5, 0.6) is 5.75 Å². The van der Waals surface area contributed by atoms with E-state index < -0.39 is 28.8 Å². The number of nitrogens with one attached hydrogen (secondary N) is 1. The van der Waals surface area contributed by atoms with Crippen molar-refractivity contribution in [3.63, 3.8) is 0 Å². The molecule has 2 rings (SSSR count). The van der Waals surface area contributed by atoms with Gasteiger partial charge in [0.05, 0.1) is 20.3 Å². The molecule has 0 radical (unpaired) electrons. The summed E-state index contributed by atoms with van der Waals surface area (Å²) in [6.45, 7) is 9.92. The summed E-state index contributed by atoms with van der Waals surface area (Å²) >= 11 is 1.25. The molecule has 0 aliphatic carbocycles. The van der Waals surface area contributed by atoms with Gasteiger partial charge in [0.2, 0.25) is 0 Å². The number of hydrogen-bond donors (Lipinski definition) is 1. The van der Waals surface area contributed by atoms with Gasteiger partial charge < -0.3 is 19.5 Å². The molecule has 0 aliphatic heterocycles. The lowest BCUT2D eigenvalue weighted by atomic mass is 9.89. The molecule has 37 heavy (non-hydrogen) atoms. The molecule has 0 amide bonds. The van der Waals surface area contributed by atoms with Crippen molar-refractivity contribution in [3.05, 3.63) is 40.2 Å².